The van der Waals surface area contributed by atoms with Gasteiger partial charge in [0.05, 0.1) is 6.61 Å². The predicted molar refractivity (Wildman–Crippen MR) is 70.3 cm³/mol. The van der Waals surface area contributed by atoms with E-state index in [2.05, 4.69) is 14.1 Å². The fourth-order valence-electron chi connectivity index (χ4n) is 1.99. The molecule has 0 atom stereocenters. The van der Waals surface area contributed by atoms with Crippen molar-refractivity contribution >= 4 is 10.5 Å². The molecule has 1 aromatic heterocycles. The minimum Gasteiger partial charge on any atom is -0.422 e. The minimum atomic E-state index is -7.89. The smallest absolute Gasteiger partial charge is 0.422 e. The van der Waals surface area contributed by atoms with Gasteiger partial charge in [0, 0.05) is 12.0 Å². The summed E-state index contributed by atoms with van der Waals surface area (Å²) < 4.78 is 178. The van der Waals surface area contributed by atoms with Crippen LogP contribution in [-0.4, -0.2) is 51.4 Å². The van der Waals surface area contributed by atoms with E-state index in [1.54, 1.807) is 0 Å². The van der Waals surface area contributed by atoms with Crippen molar-refractivity contribution < 1.29 is 66.0 Å². The third-order valence-corrected chi connectivity index (χ3v) is 4.00. The van der Waals surface area contributed by atoms with Crippen molar-refractivity contribution in [2.75, 3.05) is 0 Å². The molecule has 170 valence electrons. The molecule has 0 aromatic carbocycles. The standard InChI is InChI=1S/C12H10F13NO2Si/c13-7(14,2-1-5-3-27-26-6(5)4-28-29)8(15,16)9(17,18)10(19,20)11(21,22)12(23,24)25/h3H,1-2,4H2,29H3. The Hall–Kier alpha value is -1.52. The highest BCUT2D eigenvalue weighted by molar-refractivity contribution is 5.97. The molecule has 1 heterocycles. The maximum absolute atomic E-state index is 13.7. The Morgan fingerprint density at radius 2 is 1.28 bits per heavy atom. The van der Waals surface area contributed by atoms with Crippen molar-refractivity contribution in [3.8, 4) is 0 Å². The molecule has 0 aliphatic heterocycles. The number of hydrogen-bond acceptors (Lipinski definition) is 3. The van der Waals surface area contributed by atoms with Crippen molar-refractivity contribution in [2.24, 2.45) is 0 Å². The second-order valence-corrected chi connectivity index (χ2v) is 6.30. The van der Waals surface area contributed by atoms with E-state index in [0.717, 1.165) is 0 Å². The summed E-state index contributed by atoms with van der Waals surface area (Å²) in [5.74, 6) is -36.8. The van der Waals surface area contributed by atoms with E-state index in [4.69, 9.17) is 0 Å². The van der Waals surface area contributed by atoms with E-state index in [-0.39, 0.29) is 28.4 Å². The van der Waals surface area contributed by atoms with Crippen LogP contribution < -0.4 is 0 Å². The van der Waals surface area contributed by atoms with Crippen molar-refractivity contribution in [2.45, 2.75) is 55.2 Å². The first-order chi connectivity index (χ1) is 12.8. The summed E-state index contributed by atoms with van der Waals surface area (Å²) in [5.41, 5.74) is -0.605. The maximum Gasteiger partial charge on any atom is 0.460 e. The average Bonchev–Trinajstić information content (AvgIpc) is 2.99. The van der Waals surface area contributed by atoms with Crippen LogP contribution in [0.3, 0.4) is 0 Å². The SMILES string of the molecule is FC(F)(F)C(F)(F)C(F)(F)C(F)(F)C(F)(F)C(F)(F)CCc1conc1CO[SiH3]. The molecule has 0 bridgehead atoms. The van der Waals surface area contributed by atoms with E-state index in [1.165, 1.54) is 0 Å². The van der Waals surface area contributed by atoms with Crippen LogP contribution >= 0.6 is 0 Å². The molecule has 0 saturated carbocycles. The van der Waals surface area contributed by atoms with E-state index in [1.807, 2.05) is 0 Å². The van der Waals surface area contributed by atoms with Crippen LogP contribution in [0.25, 0.3) is 0 Å². The minimum absolute atomic E-state index is 0.105. The first kappa shape index (κ1) is 25.5. The van der Waals surface area contributed by atoms with Crippen molar-refractivity contribution in [1.82, 2.24) is 5.16 Å². The highest BCUT2D eigenvalue weighted by Crippen LogP contribution is 2.60. The third-order valence-electron chi connectivity index (χ3n) is 3.72. The summed E-state index contributed by atoms with van der Waals surface area (Å²) in [6.07, 6.45) is -10.4. The van der Waals surface area contributed by atoms with E-state index in [0.29, 0.717) is 6.26 Å². The van der Waals surface area contributed by atoms with Crippen LogP contribution in [0.5, 0.6) is 0 Å². The summed E-state index contributed by atoms with van der Waals surface area (Å²) in [6.45, 7) is -0.355. The molecule has 0 spiro atoms. The van der Waals surface area contributed by atoms with Crippen LogP contribution in [0.4, 0.5) is 57.1 Å². The molecule has 0 radical (unpaired) electrons. The molecule has 29 heavy (non-hydrogen) atoms. The largest absolute Gasteiger partial charge is 0.460 e. The van der Waals surface area contributed by atoms with E-state index >= 15 is 0 Å². The molecule has 0 unspecified atom stereocenters. The molecule has 0 aliphatic carbocycles. The van der Waals surface area contributed by atoms with Crippen LogP contribution in [0.2, 0.25) is 0 Å². The lowest BCUT2D eigenvalue weighted by molar-refractivity contribution is -0.440. The van der Waals surface area contributed by atoms with Gasteiger partial charge in [-0.15, -0.1) is 0 Å². The molecule has 1 rings (SSSR count). The van der Waals surface area contributed by atoms with Gasteiger partial charge in [0.15, 0.2) is 0 Å². The summed E-state index contributed by atoms with van der Waals surface area (Å²) >= 11 is 0. The zero-order valence-electron chi connectivity index (χ0n) is 13.9. The number of halogens is 13. The molecule has 0 fully saturated rings. The van der Waals surface area contributed by atoms with Crippen LogP contribution in [0.15, 0.2) is 10.8 Å². The molecule has 0 amide bonds. The second kappa shape index (κ2) is 7.62. The van der Waals surface area contributed by atoms with Crippen LogP contribution in [-0.2, 0) is 17.5 Å². The topological polar surface area (TPSA) is 35.3 Å². The van der Waals surface area contributed by atoms with Gasteiger partial charge in [-0.25, -0.2) is 0 Å². The molecular weight excluding hydrogens is 465 g/mol. The summed E-state index contributed by atoms with van der Waals surface area (Å²) in [5, 5.41) is 3.21. The predicted octanol–water partition coefficient (Wildman–Crippen LogP) is 4.14. The van der Waals surface area contributed by atoms with Gasteiger partial charge in [-0.3, -0.25) is 0 Å². The summed E-state index contributed by atoms with van der Waals surface area (Å²) in [4.78, 5) is 0. The third kappa shape index (κ3) is 4.06. The van der Waals surface area contributed by atoms with Crippen molar-refractivity contribution in [3.05, 3.63) is 17.5 Å². The lowest BCUT2D eigenvalue weighted by Crippen LogP contribution is -2.70. The summed E-state index contributed by atoms with van der Waals surface area (Å²) in [7, 11) is 0.105. The Kier molecular flexibility index (Phi) is 6.71. The van der Waals surface area contributed by atoms with Crippen LogP contribution in [0.1, 0.15) is 17.7 Å². The normalized spacial score (nSPS) is 15.2. The van der Waals surface area contributed by atoms with E-state index in [9.17, 15) is 57.1 Å². The zero-order chi connectivity index (χ0) is 23.1. The van der Waals surface area contributed by atoms with Gasteiger partial charge in [0.25, 0.3) is 0 Å². The fraction of sp³-hybridized carbons (Fsp3) is 0.750. The highest BCUT2D eigenvalue weighted by Gasteiger charge is 2.90. The van der Waals surface area contributed by atoms with E-state index < -0.39 is 48.6 Å². The van der Waals surface area contributed by atoms with Gasteiger partial charge < -0.3 is 8.95 Å². The highest BCUT2D eigenvalue weighted by atomic mass is 28.2. The number of nitrogens with zero attached hydrogens (tertiary/aromatic N) is 1. The number of aryl methyl sites for hydroxylation is 1. The number of rotatable bonds is 9. The lowest BCUT2D eigenvalue weighted by Gasteiger charge is -2.39. The fourth-order valence-corrected chi connectivity index (χ4v) is 2.26. The Labute approximate surface area is 155 Å². The van der Waals surface area contributed by atoms with Gasteiger partial charge >= 0.3 is 35.8 Å². The summed E-state index contributed by atoms with van der Waals surface area (Å²) in [6, 6.07) is 0. The first-order valence-corrected chi connectivity index (χ1v) is 7.96. The average molecular weight is 475 g/mol. The molecular formula is C12H10F13NO2Si. The molecule has 3 nitrogen and oxygen atoms in total. The second-order valence-electron chi connectivity index (χ2n) is 5.72. The molecule has 1 aromatic rings. The Bertz CT molecular complexity index is 700. The Morgan fingerprint density at radius 1 is 0.793 bits per heavy atom. The quantitative estimate of drug-likeness (QED) is 0.398. The van der Waals surface area contributed by atoms with Gasteiger partial charge in [0.1, 0.15) is 22.4 Å². The lowest BCUT2D eigenvalue weighted by atomic mass is 9.91. The zero-order valence-corrected chi connectivity index (χ0v) is 15.9. The van der Waals surface area contributed by atoms with Gasteiger partial charge in [-0.2, -0.15) is 57.1 Å². The van der Waals surface area contributed by atoms with Crippen molar-refractivity contribution in [3.63, 3.8) is 0 Å². The number of aromatic nitrogens is 1. The Morgan fingerprint density at radius 3 is 1.72 bits per heavy atom. The maximum atomic E-state index is 13.7. The van der Waals surface area contributed by atoms with Crippen LogP contribution in [0, 0.1) is 0 Å². The number of alkyl halides is 13. The Balaban J connectivity index is 3.23. The molecule has 0 saturated heterocycles. The molecule has 0 N–H and O–H groups in total. The molecule has 17 heteroatoms. The van der Waals surface area contributed by atoms with Crippen molar-refractivity contribution in [1.29, 1.82) is 0 Å². The first-order valence-electron chi connectivity index (χ1n) is 7.14. The number of hydrogen-bond donors (Lipinski definition) is 0. The van der Waals surface area contributed by atoms with Gasteiger partial charge in [0.2, 0.25) is 0 Å². The molecule has 0 aliphatic rings. The van der Waals surface area contributed by atoms with Gasteiger partial charge in [-0.1, -0.05) is 5.16 Å². The van der Waals surface area contributed by atoms with Gasteiger partial charge in [-0.05, 0) is 6.42 Å². The monoisotopic (exact) mass is 475 g/mol.